The Balaban J connectivity index is 1.86. The van der Waals surface area contributed by atoms with Crippen LogP contribution in [-0.2, 0) is 0 Å². The van der Waals surface area contributed by atoms with Crippen molar-refractivity contribution in [3.05, 3.63) is 51.4 Å². The van der Waals surface area contributed by atoms with E-state index in [2.05, 4.69) is 44.0 Å². The van der Waals surface area contributed by atoms with Crippen LogP contribution in [0.5, 0.6) is 5.75 Å². The fourth-order valence-electron chi connectivity index (χ4n) is 1.54. The third-order valence-corrected chi connectivity index (χ3v) is 4.52. The first-order chi connectivity index (χ1) is 9.16. The summed E-state index contributed by atoms with van der Waals surface area (Å²) in [6, 6.07) is 14.0. The van der Waals surface area contributed by atoms with Gasteiger partial charge in [0.15, 0.2) is 0 Å². The van der Waals surface area contributed by atoms with Crippen molar-refractivity contribution in [2.75, 3.05) is 18.1 Å². The number of hydrogen-bond donors (Lipinski definition) is 1. The molecule has 0 amide bonds. The third kappa shape index (κ3) is 4.44. The molecule has 0 aliphatic rings. The molecule has 0 heterocycles. The lowest BCUT2D eigenvalue weighted by molar-refractivity contribution is 0.339. The summed E-state index contributed by atoms with van der Waals surface area (Å²) in [7, 11) is 0. The van der Waals surface area contributed by atoms with Crippen molar-refractivity contribution in [2.24, 2.45) is 0 Å². The van der Waals surface area contributed by atoms with Gasteiger partial charge in [-0.3, -0.25) is 0 Å². The van der Waals surface area contributed by atoms with Gasteiger partial charge in [0.2, 0.25) is 0 Å². The maximum atomic E-state index is 5.77. The molecule has 0 radical (unpaired) electrons. The Hall–Kier alpha value is -0.650. The van der Waals surface area contributed by atoms with E-state index in [0.717, 1.165) is 20.4 Å². The van der Waals surface area contributed by atoms with Crippen molar-refractivity contribution in [1.29, 1.82) is 0 Å². The van der Waals surface area contributed by atoms with Crippen LogP contribution in [0.4, 0.5) is 5.69 Å². The first-order valence-corrected chi connectivity index (χ1v) is 8.29. The van der Waals surface area contributed by atoms with Gasteiger partial charge < -0.3 is 10.5 Å². The zero-order chi connectivity index (χ0) is 13.7. The van der Waals surface area contributed by atoms with E-state index in [0.29, 0.717) is 12.3 Å². The number of nitrogen functional groups attached to an aromatic ring is 1. The molecule has 0 saturated carbocycles. The molecule has 19 heavy (non-hydrogen) atoms. The van der Waals surface area contributed by atoms with E-state index in [1.54, 1.807) is 11.8 Å². The summed E-state index contributed by atoms with van der Waals surface area (Å²) < 4.78 is 7.50. The highest BCUT2D eigenvalue weighted by Gasteiger charge is 2.07. The molecule has 5 heteroatoms. The minimum atomic E-state index is 0.640. The molecule has 2 N–H and O–H groups in total. The largest absolute Gasteiger partial charge is 0.490 e. The molecular formula is C14H13Br2NOS. The predicted molar refractivity (Wildman–Crippen MR) is 88.9 cm³/mol. The summed E-state index contributed by atoms with van der Waals surface area (Å²) in [5.74, 6) is 1.69. The van der Waals surface area contributed by atoms with Crippen LogP contribution in [0.15, 0.2) is 56.3 Å². The van der Waals surface area contributed by atoms with Gasteiger partial charge >= 0.3 is 0 Å². The van der Waals surface area contributed by atoms with Crippen LogP contribution in [-0.4, -0.2) is 12.4 Å². The quantitative estimate of drug-likeness (QED) is 0.435. The van der Waals surface area contributed by atoms with Crippen molar-refractivity contribution >= 4 is 49.3 Å². The van der Waals surface area contributed by atoms with E-state index in [1.807, 2.05) is 30.3 Å². The van der Waals surface area contributed by atoms with E-state index in [-0.39, 0.29) is 0 Å². The summed E-state index contributed by atoms with van der Waals surface area (Å²) in [4.78, 5) is 1.25. The van der Waals surface area contributed by atoms with E-state index in [1.165, 1.54) is 4.90 Å². The average Bonchev–Trinajstić information content (AvgIpc) is 2.38. The Morgan fingerprint density at radius 2 is 1.68 bits per heavy atom. The van der Waals surface area contributed by atoms with Gasteiger partial charge in [-0.15, -0.1) is 11.8 Å². The van der Waals surface area contributed by atoms with E-state index in [9.17, 15) is 0 Å². The van der Waals surface area contributed by atoms with Crippen LogP contribution >= 0.6 is 43.6 Å². The SMILES string of the molecule is Nc1cc(Br)c(OCCSc2ccccc2)c(Br)c1. The minimum Gasteiger partial charge on any atom is -0.490 e. The zero-order valence-electron chi connectivity index (χ0n) is 10.1. The highest BCUT2D eigenvalue weighted by molar-refractivity contribution is 9.11. The maximum absolute atomic E-state index is 5.77. The maximum Gasteiger partial charge on any atom is 0.147 e. The molecule has 2 aromatic rings. The molecule has 0 aromatic heterocycles. The molecule has 0 atom stereocenters. The van der Waals surface area contributed by atoms with Crippen molar-refractivity contribution in [3.8, 4) is 5.75 Å². The zero-order valence-corrected chi connectivity index (χ0v) is 14.1. The van der Waals surface area contributed by atoms with Gasteiger partial charge in [-0.2, -0.15) is 0 Å². The fourth-order valence-corrected chi connectivity index (χ4v) is 3.74. The van der Waals surface area contributed by atoms with Crippen molar-refractivity contribution in [1.82, 2.24) is 0 Å². The molecular weight excluding hydrogens is 390 g/mol. The van der Waals surface area contributed by atoms with E-state index >= 15 is 0 Å². The van der Waals surface area contributed by atoms with Crippen LogP contribution in [0.3, 0.4) is 0 Å². The highest BCUT2D eigenvalue weighted by Crippen LogP contribution is 2.35. The summed E-state index contributed by atoms with van der Waals surface area (Å²) in [5.41, 5.74) is 6.44. The molecule has 0 saturated heterocycles. The standard InChI is InChI=1S/C14H13Br2NOS/c15-12-8-10(17)9-13(16)14(12)18-6-7-19-11-4-2-1-3-5-11/h1-5,8-9H,6-7,17H2. The second-order valence-corrected chi connectivity index (χ2v) is 6.70. The van der Waals surface area contributed by atoms with Crippen LogP contribution < -0.4 is 10.5 Å². The second kappa shape index (κ2) is 7.22. The van der Waals surface area contributed by atoms with Crippen LogP contribution in [0.1, 0.15) is 0 Å². The van der Waals surface area contributed by atoms with Crippen LogP contribution in [0.2, 0.25) is 0 Å². The lowest BCUT2D eigenvalue weighted by Crippen LogP contribution is -2.01. The topological polar surface area (TPSA) is 35.2 Å². The Kier molecular flexibility index (Phi) is 5.60. The summed E-state index contributed by atoms with van der Waals surface area (Å²) in [6.45, 7) is 0.640. The molecule has 0 fully saturated rings. The summed E-state index contributed by atoms with van der Waals surface area (Å²) >= 11 is 8.68. The number of benzene rings is 2. The Labute approximate surface area is 134 Å². The predicted octanol–water partition coefficient (Wildman–Crippen LogP) is 4.96. The molecule has 0 bridgehead atoms. The van der Waals surface area contributed by atoms with Crippen molar-refractivity contribution < 1.29 is 4.74 Å². The van der Waals surface area contributed by atoms with Crippen LogP contribution in [0.25, 0.3) is 0 Å². The number of nitrogens with two attached hydrogens (primary N) is 1. The number of rotatable bonds is 5. The van der Waals surface area contributed by atoms with Crippen molar-refractivity contribution in [3.63, 3.8) is 0 Å². The van der Waals surface area contributed by atoms with Gasteiger partial charge in [-0.05, 0) is 56.1 Å². The molecule has 0 spiro atoms. The number of anilines is 1. The number of halogens is 2. The Bertz CT molecular complexity index is 525. The number of thioether (sulfide) groups is 1. The van der Waals surface area contributed by atoms with E-state index < -0.39 is 0 Å². The van der Waals surface area contributed by atoms with Gasteiger partial charge in [0.25, 0.3) is 0 Å². The van der Waals surface area contributed by atoms with Gasteiger partial charge in [-0.1, -0.05) is 18.2 Å². The summed E-state index contributed by atoms with van der Waals surface area (Å²) in [6.07, 6.45) is 0. The van der Waals surface area contributed by atoms with Crippen LogP contribution in [0, 0.1) is 0 Å². The monoisotopic (exact) mass is 401 g/mol. The molecule has 2 aromatic carbocycles. The first kappa shape index (κ1) is 14.8. The molecule has 2 nitrogen and oxygen atoms in total. The van der Waals surface area contributed by atoms with Gasteiger partial charge in [-0.25, -0.2) is 0 Å². The second-order valence-electron chi connectivity index (χ2n) is 3.82. The minimum absolute atomic E-state index is 0.640. The summed E-state index contributed by atoms with van der Waals surface area (Å²) in [5, 5.41) is 0. The molecule has 0 unspecified atom stereocenters. The third-order valence-electron chi connectivity index (χ3n) is 2.36. The van der Waals surface area contributed by atoms with Crippen molar-refractivity contribution in [2.45, 2.75) is 4.90 Å². The molecule has 0 aliphatic carbocycles. The van der Waals surface area contributed by atoms with Gasteiger partial charge in [0, 0.05) is 16.3 Å². The Morgan fingerprint density at radius 1 is 1.05 bits per heavy atom. The lowest BCUT2D eigenvalue weighted by atomic mass is 10.3. The van der Waals surface area contributed by atoms with E-state index in [4.69, 9.17) is 10.5 Å². The molecule has 2 rings (SSSR count). The first-order valence-electron chi connectivity index (χ1n) is 5.72. The highest BCUT2D eigenvalue weighted by atomic mass is 79.9. The average molecular weight is 403 g/mol. The Morgan fingerprint density at radius 3 is 2.32 bits per heavy atom. The number of hydrogen-bond acceptors (Lipinski definition) is 3. The normalized spacial score (nSPS) is 10.4. The van der Waals surface area contributed by atoms with Gasteiger partial charge in [0.05, 0.1) is 15.6 Å². The molecule has 0 aliphatic heterocycles. The number of ether oxygens (including phenoxy) is 1. The smallest absolute Gasteiger partial charge is 0.147 e. The lowest BCUT2D eigenvalue weighted by Gasteiger charge is -2.11. The fraction of sp³-hybridized carbons (Fsp3) is 0.143. The molecule has 100 valence electrons. The van der Waals surface area contributed by atoms with Gasteiger partial charge in [0.1, 0.15) is 5.75 Å².